The van der Waals surface area contributed by atoms with Gasteiger partial charge in [-0.3, -0.25) is 0 Å². The molecule has 0 saturated carbocycles. The van der Waals surface area contributed by atoms with Crippen LogP contribution in [0.15, 0.2) is 22.7 Å². The fourth-order valence-corrected chi connectivity index (χ4v) is 1.78. The lowest BCUT2D eigenvalue weighted by Gasteiger charge is -2.05. The van der Waals surface area contributed by atoms with Gasteiger partial charge in [0.25, 0.3) is 0 Å². The average Bonchev–Trinajstić information content (AvgIpc) is 2.71. The molecule has 7 heteroatoms. The number of benzene rings is 1. The van der Waals surface area contributed by atoms with Crippen molar-refractivity contribution in [3.8, 4) is 5.69 Å². The van der Waals surface area contributed by atoms with Gasteiger partial charge in [0.05, 0.1) is 17.3 Å². The van der Waals surface area contributed by atoms with E-state index in [0.29, 0.717) is 11.6 Å². The zero-order valence-electron chi connectivity index (χ0n) is 8.48. The Bertz CT molecular complexity index is 498. The van der Waals surface area contributed by atoms with E-state index in [-0.39, 0.29) is 0 Å². The molecule has 0 aliphatic carbocycles. The maximum absolute atomic E-state index is 5.92. The highest BCUT2D eigenvalue weighted by molar-refractivity contribution is 9.10. The topological polar surface area (TPSA) is 55.6 Å². The first-order chi connectivity index (χ1) is 7.72. The van der Waals surface area contributed by atoms with Crippen molar-refractivity contribution in [3.63, 3.8) is 0 Å². The minimum Gasteiger partial charge on any atom is -0.313 e. The van der Waals surface area contributed by atoms with Gasteiger partial charge in [-0.15, -0.1) is 5.10 Å². The summed E-state index contributed by atoms with van der Waals surface area (Å²) in [6.45, 7) is 0.604. The molecular weight excluding hydrogens is 293 g/mol. The second-order valence-corrected chi connectivity index (χ2v) is 4.40. The normalized spacial score (nSPS) is 10.7. The number of hydrogen-bond donors (Lipinski definition) is 1. The summed E-state index contributed by atoms with van der Waals surface area (Å²) >= 11 is 9.29. The Hall–Kier alpha value is -0.980. The van der Waals surface area contributed by atoms with Crippen molar-refractivity contribution in [1.29, 1.82) is 0 Å². The highest BCUT2D eigenvalue weighted by Crippen LogP contribution is 2.24. The van der Waals surface area contributed by atoms with Gasteiger partial charge in [0.15, 0.2) is 5.82 Å². The molecule has 0 aliphatic rings. The van der Waals surface area contributed by atoms with E-state index in [1.807, 2.05) is 19.2 Å². The van der Waals surface area contributed by atoms with Crippen LogP contribution in [0.2, 0.25) is 5.02 Å². The molecule has 1 aromatic heterocycles. The number of aromatic nitrogens is 4. The van der Waals surface area contributed by atoms with Crippen LogP contribution in [-0.4, -0.2) is 27.3 Å². The molecular formula is C9H9BrClN5. The van der Waals surface area contributed by atoms with Crippen molar-refractivity contribution in [2.45, 2.75) is 6.54 Å². The third-order valence-electron chi connectivity index (χ3n) is 2.02. The van der Waals surface area contributed by atoms with E-state index in [9.17, 15) is 0 Å². The molecule has 1 heterocycles. The lowest BCUT2D eigenvalue weighted by molar-refractivity contribution is 0.709. The van der Waals surface area contributed by atoms with Crippen LogP contribution >= 0.6 is 27.5 Å². The third kappa shape index (κ3) is 2.23. The number of tetrazole rings is 1. The Balaban J connectivity index is 2.42. The number of hydrogen-bond acceptors (Lipinski definition) is 4. The first-order valence-corrected chi connectivity index (χ1v) is 5.76. The first-order valence-electron chi connectivity index (χ1n) is 4.59. The Morgan fingerprint density at radius 1 is 1.50 bits per heavy atom. The van der Waals surface area contributed by atoms with Gasteiger partial charge in [0, 0.05) is 4.47 Å². The highest BCUT2D eigenvalue weighted by Gasteiger charge is 2.08. The van der Waals surface area contributed by atoms with Crippen molar-refractivity contribution < 1.29 is 0 Å². The molecule has 0 radical (unpaired) electrons. The second-order valence-electron chi connectivity index (χ2n) is 3.14. The van der Waals surface area contributed by atoms with Crippen LogP contribution in [0.4, 0.5) is 0 Å². The lowest BCUT2D eigenvalue weighted by atomic mass is 10.3. The summed E-state index contributed by atoms with van der Waals surface area (Å²) in [6.07, 6.45) is 0. The van der Waals surface area contributed by atoms with Crippen molar-refractivity contribution in [2.24, 2.45) is 0 Å². The number of nitrogens with zero attached hydrogens (tertiary/aromatic N) is 4. The molecule has 0 unspecified atom stereocenters. The number of rotatable bonds is 3. The van der Waals surface area contributed by atoms with E-state index in [1.165, 1.54) is 0 Å². The molecule has 2 aromatic rings. The molecule has 16 heavy (non-hydrogen) atoms. The molecule has 0 aliphatic heterocycles. The summed E-state index contributed by atoms with van der Waals surface area (Å²) in [5, 5.41) is 15.2. The maximum atomic E-state index is 5.92. The summed E-state index contributed by atoms with van der Waals surface area (Å²) in [5.74, 6) is 0.747. The van der Waals surface area contributed by atoms with Crippen LogP contribution in [0.1, 0.15) is 5.82 Å². The van der Waals surface area contributed by atoms with E-state index in [0.717, 1.165) is 16.0 Å². The summed E-state index contributed by atoms with van der Waals surface area (Å²) in [7, 11) is 1.84. The van der Waals surface area contributed by atoms with Crippen LogP contribution in [0, 0.1) is 0 Å². The Kier molecular flexibility index (Phi) is 3.52. The van der Waals surface area contributed by atoms with Gasteiger partial charge >= 0.3 is 0 Å². The first kappa shape index (κ1) is 11.5. The third-order valence-corrected chi connectivity index (χ3v) is 3.23. The van der Waals surface area contributed by atoms with Gasteiger partial charge in [-0.25, -0.2) is 0 Å². The van der Waals surface area contributed by atoms with Crippen molar-refractivity contribution in [2.75, 3.05) is 7.05 Å². The lowest BCUT2D eigenvalue weighted by Crippen LogP contribution is -2.12. The van der Waals surface area contributed by atoms with Crippen molar-refractivity contribution >= 4 is 27.5 Å². The Labute approximate surface area is 106 Å². The van der Waals surface area contributed by atoms with E-state index in [2.05, 4.69) is 36.8 Å². The molecule has 0 amide bonds. The van der Waals surface area contributed by atoms with Gasteiger partial charge < -0.3 is 5.32 Å². The van der Waals surface area contributed by atoms with E-state index < -0.39 is 0 Å². The largest absolute Gasteiger partial charge is 0.313 e. The minimum absolute atomic E-state index is 0.604. The van der Waals surface area contributed by atoms with Gasteiger partial charge in [0.1, 0.15) is 0 Å². The molecule has 2 rings (SSSR count). The predicted octanol–water partition coefficient (Wildman–Crippen LogP) is 1.80. The summed E-state index contributed by atoms with van der Waals surface area (Å²) in [5.41, 5.74) is 0.867. The van der Waals surface area contributed by atoms with Gasteiger partial charge in [-0.1, -0.05) is 11.6 Å². The number of halogens is 2. The highest BCUT2D eigenvalue weighted by atomic mass is 79.9. The molecule has 0 saturated heterocycles. The van der Waals surface area contributed by atoms with Gasteiger partial charge in [-0.05, 0) is 51.6 Å². The zero-order chi connectivity index (χ0) is 11.5. The van der Waals surface area contributed by atoms with Crippen LogP contribution in [0.25, 0.3) is 5.69 Å². The fraction of sp³-hybridized carbons (Fsp3) is 0.222. The fourth-order valence-electron chi connectivity index (χ4n) is 1.29. The van der Waals surface area contributed by atoms with Crippen molar-refractivity contribution in [1.82, 2.24) is 25.5 Å². The standard InChI is InChI=1S/C9H9BrClN5/c1-12-5-9-13-14-15-16(9)6-2-3-8(11)7(10)4-6/h2-4,12H,5H2,1H3. The summed E-state index contributed by atoms with van der Waals surface area (Å²) in [4.78, 5) is 0. The van der Waals surface area contributed by atoms with E-state index in [4.69, 9.17) is 11.6 Å². The molecule has 1 N–H and O–H groups in total. The molecule has 0 atom stereocenters. The molecule has 0 fully saturated rings. The molecule has 0 bridgehead atoms. The molecule has 1 aromatic carbocycles. The van der Waals surface area contributed by atoms with Crippen LogP contribution in [0.5, 0.6) is 0 Å². The molecule has 5 nitrogen and oxygen atoms in total. The SMILES string of the molecule is CNCc1nnnn1-c1ccc(Cl)c(Br)c1. The molecule has 84 valence electrons. The Morgan fingerprint density at radius 3 is 3.00 bits per heavy atom. The monoisotopic (exact) mass is 301 g/mol. The van der Waals surface area contributed by atoms with Gasteiger partial charge in [0.2, 0.25) is 0 Å². The summed E-state index contributed by atoms with van der Waals surface area (Å²) < 4.78 is 2.48. The Morgan fingerprint density at radius 2 is 2.31 bits per heavy atom. The van der Waals surface area contributed by atoms with Crippen LogP contribution in [-0.2, 0) is 6.54 Å². The van der Waals surface area contributed by atoms with Crippen LogP contribution < -0.4 is 5.32 Å². The zero-order valence-corrected chi connectivity index (χ0v) is 10.8. The summed E-state index contributed by atoms with van der Waals surface area (Å²) in [6, 6.07) is 5.53. The quantitative estimate of drug-likeness (QED) is 0.939. The average molecular weight is 303 g/mol. The maximum Gasteiger partial charge on any atom is 0.170 e. The van der Waals surface area contributed by atoms with Gasteiger partial charge in [-0.2, -0.15) is 4.68 Å². The molecule has 0 spiro atoms. The van der Waals surface area contributed by atoms with E-state index in [1.54, 1.807) is 10.7 Å². The second kappa shape index (κ2) is 4.90. The van der Waals surface area contributed by atoms with E-state index >= 15 is 0 Å². The predicted molar refractivity (Wildman–Crippen MR) is 64.6 cm³/mol. The smallest absolute Gasteiger partial charge is 0.170 e. The minimum atomic E-state index is 0.604. The van der Waals surface area contributed by atoms with Crippen molar-refractivity contribution in [3.05, 3.63) is 33.5 Å². The van der Waals surface area contributed by atoms with Crippen LogP contribution in [0.3, 0.4) is 0 Å². The number of nitrogens with one attached hydrogen (secondary N) is 1.